The van der Waals surface area contributed by atoms with Gasteiger partial charge in [0.25, 0.3) is 0 Å². The van der Waals surface area contributed by atoms with Crippen molar-refractivity contribution in [3.8, 4) is 0 Å². The molecule has 3 nitrogen and oxygen atoms in total. The molecule has 0 spiro atoms. The van der Waals surface area contributed by atoms with Crippen LogP contribution in [-0.2, 0) is 0 Å². The average molecular weight is 1180 g/mol. The maximum absolute atomic E-state index is 2.40. The fourth-order valence-electron chi connectivity index (χ4n) is 11.5. The Morgan fingerprint density at radius 2 is 0.301 bits per heavy atom. The van der Waals surface area contributed by atoms with Crippen molar-refractivity contribution < 1.29 is 0 Å². The Kier molecular flexibility index (Phi) is 16.9. The van der Waals surface area contributed by atoms with E-state index in [4.69, 9.17) is 0 Å². The summed E-state index contributed by atoms with van der Waals surface area (Å²) in [5.41, 5.74) is 15.5. The number of anilines is 9. The minimum absolute atomic E-state index is 1.13. The summed E-state index contributed by atoms with van der Waals surface area (Å²) in [4.78, 5) is 6.99. The van der Waals surface area contributed by atoms with Crippen LogP contribution in [-0.4, -0.2) is 25.7 Å². The van der Waals surface area contributed by atoms with E-state index in [0.717, 1.165) is 51.2 Å². The molecule has 0 bridgehead atoms. The molecule has 0 aliphatic carbocycles. The van der Waals surface area contributed by atoms with Gasteiger partial charge in [0.1, 0.15) is 6.15 Å². The quantitative estimate of drug-likeness (QED) is 0.0893. The van der Waals surface area contributed by atoms with Gasteiger partial charge >= 0.3 is 351 Å². The van der Waals surface area contributed by atoms with Crippen LogP contribution < -0.4 is 47.4 Å². The third-order valence-corrected chi connectivity index (χ3v) is 21.6. The minimum atomic E-state index is -2.40. The molecule has 5 heteroatoms. The third-order valence-electron chi connectivity index (χ3n) is 15.3. The van der Waals surface area contributed by atoms with Gasteiger partial charge in [-0.1, -0.05) is 121 Å². The standard InChI is InChI=1S/C54H42N3Te.C24H20B/c1-7-19-43(20-8-1)55(44-21-9-2-10-22-44)49-31-37-52(38-32-49)58(53-39-33-50(34-40-53)56(45-23-11-3-12-24-45)46-25-13-4-14-26-46)54-41-35-51(36-42-54)57(47-27-15-5-16-28-47)48-29-17-6-18-30-48;1-5-13-21(14-6-1)25(22-15-7-2-8-16-22,23-17-9-3-10-18-23)24-19-11-4-12-20-24/h1-42H;1-20H/q+1;-1. The molecule has 0 atom stereocenters. The predicted molar refractivity (Wildman–Crippen MR) is 358 cm³/mol. The van der Waals surface area contributed by atoms with Crippen molar-refractivity contribution >= 4 is 110 Å². The molecule has 13 aromatic carbocycles. The SMILES string of the molecule is c1ccc(N(c2ccccc2)c2ccc([Te+](c3ccc(N(c4ccccc4)c4ccccc4)cc3)c3ccc(N(c4ccccc4)c4ccccc4)cc3)cc2)cc1.c1ccc([B-](c2ccccc2)(c2ccccc2)c2ccccc2)cc1. The second-order valence-electron chi connectivity index (χ2n) is 20.3. The van der Waals surface area contributed by atoms with Crippen LogP contribution in [0.5, 0.6) is 0 Å². The van der Waals surface area contributed by atoms with Crippen LogP contribution in [0.25, 0.3) is 0 Å². The van der Waals surface area contributed by atoms with Crippen LogP contribution in [0, 0.1) is 0 Å². The summed E-state index contributed by atoms with van der Waals surface area (Å²) in [5.74, 6) is 0. The molecule has 0 N–H and O–H groups in total. The molecule has 0 aliphatic heterocycles. The van der Waals surface area contributed by atoms with Crippen LogP contribution in [0.2, 0.25) is 0 Å². The Morgan fingerprint density at radius 3 is 0.470 bits per heavy atom. The Bertz CT molecular complexity index is 3440. The van der Waals surface area contributed by atoms with Crippen molar-refractivity contribution in [3.63, 3.8) is 0 Å². The van der Waals surface area contributed by atoms with Crippen LogP contribution in [0.1, 0.15) is 0 Å². The summed E-state index contributed by atoms with van der Waals surface area (Å²) in [6.07, 6.45) is -1.22. The summed E-state index contributed by atoms with van der Waals surface area (Å²) in [7, 11) is 0. The Labute approximate surface area is 496 Å². The van der Waals surface area contributed by atoms with Gasteiger partial charge in [-0.15, -0.1) is 0 Å². The van der Waals surface area contributed by atoms with Gasteiger partial charge in [0.2, 0.25) is 0 Å². The molecule has 83 heavy (non-hydrogen) atoms. The van der Waals surface area contributed by atoms with Gasteiger partial charge in [-0.05, 0) is 0 Å². The van der Waals surface area contributed by atoms with Gasteiger partial charge in [-0.3, -0.25) is 0 Å². The number of hydrogen-bond acceptors (Lipinski definition) is 3. The number of hydrogen-bond donors (Lipinski definition) is 0. The molecule has 0 aliphatic rings. The Balaban J connectivity index is 0.000000226. The van der Waals surface area contributed by atoms with Crippen molar-refractivity contribution in [1.29, 1.82) is 0 Å². The van der Waals surface area contributed by atoms with E-state index < -0.39 is 25.7 Å². The van der Waals surface area contributed by atoms with E-state index in [1.807, 2.05) is 0 Å². The maximum Gasteiger partial charge on any atom is 0.108 e. The number of benzene rings is 13. The Hall–Kier alpha value is -9.89. The molecule has 0 saturated carbocycles. The average Bonchev–Trinajstić information content (AvgIpc) is 3.73. The fourth-order valence-corrected chi connectivity index (χ4v) is 17.4. The van der Waals surface area contributed by atoms with Crippen LogP contribution in [0.4, 0.5) is 51.2 Å². The number of para-hydroxylation sites is 6. The van der Waals surface area contributed by atoms with Crippen molar-refractivity contribution in [3.05, 3.63) is 376 Å². The van der Waals surface area contributed by atoms with Gasteiger partial charge in [-0.25, -0.2) is 0 Å². The molecule has 0 saturated heterocycles. The molecule has 0 aromatic heterocycles. The first-order valence-electron chi connectivity index (χ1n) is 28.4. The molecule has 13 rings (SSSR count). The zero-order valence-electron chi connectivity index (χ0n) is 46.1. The van der Waals surface area contributed by atoms with E-state index in [-0.39, 0.29) is 0 Å². The number of rotatable bonds is 16. The first-order valence-corrected chi connectivity index (χ1v) is 31.8. The first-order chi connectivity index (χ1) is 41.2. The smallest absolute Gasteiger partial charge is 0.108 e. The largest absolute Gasteiger partial charge is 0.195 e. The molecule has 0 radical (unpaired) electrons. The predicted octanol–water partition coefficient (Wildman–Crippen LogP) is 15.7. The summed E-state index contributed by atoms with van der Waals surface area (Å²) < 4.78 is 4.17. The molecule has 0 amide bonds. The second kappa shape index (κ2) is 26.1. The Morgan fingerprint density at radius 1 is 0.157 bits per heavy atom. The van der Waals surface area contributed by atoms with E-state index in [0.29, 0.717) is 0 Å². The minimum Gasteiger partial charge on any atom is -0.195 e. The summed E-state index contributed by atoms with van der Waals surface area (Å²) in [6.45, 7) is 0. The monoisotopic (exact) mass is 1180 g/mol. The second-order valence-corrected chi connectivity index (χ2v) is 26.1. The van der Waals surface area contributed by atoms with Crippen molar-refractivity contribution in [2.24, 2.45) is 0 Å². The van der Waals surface area contributed by atoms with Gasteiger partial charge in [0.05, 0.1) is 0 Å². The van der Waals surface area contributed by atoms with Crippen LogP contribution in [0.15, 0.2) is 376 Å². The topological polar surface area (TPSA) is 9.72 Å². The molecular weight excluding hydrogens is 1120 g/mol. The summed E-state index contributed by atoms with van der Waals surface area (Å²) in [5, 5.41) is 0. The van der Waals surface area contributed by atoms with E-state index >= 15 is 0 Å². The van der Waals surface area contributed by atoms with Crippen molar-refractivity contribution in [2.45, 2.75) is 0 Å². The van der Waals surface area contributed by atoms with Gasteiger partial charge in [0.15, 0.2) is 0 Å². The van der Waals surface area contributed by atoms with Crippen LogP contribution >= 0.6 is 0 Å². The third kappa shape index (κ3) is 12.0. The van der Waals surface area contributed by atoms with Crippen LogP contribution in [0.3, 0.4) is 0 Å². The summed E-state index contributed by atoms with van der Waals surface area (Å²) >= 11 is -2.40. The van der Waals surface area contributed by atoms with E-state index in [9.17, 15) is 0 Å². The van der Waals surface area contributed by atoms with Gasteiger partial charge in [-0.2, -0.15) is 21.9 Å². The fraction of sp³-hybridized carbons (Fsp3) is 0. The summed E-state index contributed by atoms with van der Waals surface area (Å²) in [6, 6.07) is 135. The molecular formula is C78H62BN3Te. The zero-order valence-corrected chi connectivity index (χ0v) is 48.5. The van der Waals surface area contributed by atoms with Gasteiger partial charge < -0.3 is 0 Å². The molecule has 0 heterocycles. The molecule has 0 unspecified atom stereocenters. The molecule has 0 fully saturated rings. The van der Waals surface area contributed by atoms with E-state index in [2.05, 4.69) is 391 Å². The zero-order chi connectivity index (χ0) is 55.9. The van der Waals surface area contributed by atoms with E-state index in [1.165, 1.54) is 32.7 Å². The van der Waals surface area contributed by atoms with Gasteiger partial charge in [0, 0.05) is 0 Å². The van der Waals surface area contributed by atoms with E-state index in [1.54, 1.807) is 0 Å². The maximum atomic E-state index is 2.37. The normalized spacial score (nSPS) is 11.0. The van der Waals surface area contributed by atoms with Crippen molar-refractivity contribution in [1.82, 2.24) is 0 Å². The first kappa shape index (κ1) is 53.7. The van der Waals surface area contributed by atoms with Crippen molar-refractivity contribution in [2.75, 3.05) is 14.7 Å². The number of nitrogens with zero attached hydrogens (tertiary/aromatic N) is 3. The molecule has 13 aromatic rings. The molecule has 398 valence electrons.